The Labute approximate surface area is 138 Å². The van der Waals surface area contributed by atoms with Crippen LogP contribution < -0.4 is 5.32 Å². The van der Waals surface area contributed by atoms with Gasteiger partial charge in [0.1, 0.15) is 0 Å². The van der Waals surface area contributed by atoms with E-state index >= 15 is 0 Å². The van der Waals surface area contributed by atoms with E-state index in [-0.39, 0.29) is 42.7 Å². The summed E-state index contributed by atoms with van der Waals surface area (Å²) in [4.78, 5) is 12.7. The van der Waals surface area contributed by atoms with Gasteiger partial charge in [0.2, 0.25) is 5.91 Å². The molecule has 2 N–H and O–H groups in total. The Kier molecular flexibility index (Phi) is 3.76. The molecule has 4 aliphatic carbocycles. The molecule has 0 unspecified atom stereocenters. The van der Waals surface area contributed by atoms with Crippen molar-refractivity contribution in [3.8, 4) is 0 Å². The first kappa shape index (κ1) is 15.9. The lowest BCUT2D eigenvalue weighted by molar-refractivity contribution is -0.139. The Morgan fingerprint density at radius 2 is 1.52 bits per heavy atom. The van der Waals surface area contributed by atoms with Gasteiger partial charge in [0.25, 0.3) is 0 Å². The number of sulfone groups is 1. The lowest BCUT2D eigenvalue weighted by atomic mass is 9.51. The summed E-state index contributed by atoms with van der Waals surface area (Å²) in [5, 5.41) is 13.5. The standard InChI is InChI=1S/C17H27NO4S/c19-16(18-10-17(20)1-3-23(21,22)4-2-17)15-13-6-11-5-12(8-13)9-14(15)7-11/h11-15,20H,1-10H2,(H,18,19). The first-order chi connectivity index (χ1) is 10.8. The van der Waals surface area contributed by atoms with E-state index < -0.39 is 15.4 Å². The average Bonchev–Trinajstić information content (AvgIpc) is 2.48. The summed E-state index contributed by atoms with van der Waals surface area (Å²) in [7, 11) is -3.00. The van der Waals surface area contributed by atoms with Crippen LogP contribution in [-0.2, 0) is 14.6 Å². The van der Waals surface area contributed by atoms with Gasteiger partial charge in [-0.25, -0.2) is 8.42 Å². The Hall–Kier alpha value is -0.620. The topological polar surface area (TPSA) is 83.5 Å². The van der Waals surface area contributed by atoms with Gasteiger partial charge in [-0.3, -0.25) is 4.79 Å². The molecule has 4 saturated carbocycles. The molecule has 130 valence electrons. The zero-order valence-electron chi connectivity index (χ0n) is 13.5. The molecule has 1 amide bonds. The molecule has 6 heteroatoms. The van der Waals surface area contributed by atoms with Crippen molar-refractivity contribution in [1.29, 1.82) is 0 Å². The van der Waals surface area contributed by atoms with Gasteiger partial charge >= 0.3 is 0 Å². The molecular formula is C17H27NO4S. The van der Waals surface area contributed by atoms with E-state index in [4.69, 9.17) is 0 Å². The summed E-state index contributed by atoms with van der Waals surface area (Å²) in [6, 6.07) is 0. The fraction of sp³-hybridized carbons (Fsp3) is 0.941. The second-order valence-electron chi connectivity index (χ2n) is 8.55. The summed E-state index contributed by atoms with van der Waals surface area (Å²) in [5.41, 5.74) is -1.05. The molecular weight excluding hydrogens is 314 g/mol. The number of carbonyl (C=O) groups is 1. The highest BCUT2D eigenvalue weighted by Gasteiger charge is 2.51. The zero-order chi connectivity index (χ0) is 16.2. The number of nitrogens with one attached hydrogen (secondary N) is 1. The first-order valence-electron chi connectivity index (χ1n) is 9.04. The van der Waals surface area contributed by atoms with Gasteiger partial charge in [0.15, 0.2) is 9.84 Å². The minimum atomic E-state index is -3.00. The van der Waals surface area contributed by atoms with Crippen molar-refractivity contribution in [1.82, 2.24) is 5.32 Å². The highest BCUT2D eigenvalue weighted by Crippen LogP contribution is 2.56. The lowest BCUT2D eigenvalue weighted by Crippen LogP contribution is -2.54. The van der Waals surface area contributed by atoms with E-state index in [2.05, 4.69) is 5.32 Å². The zero-order valence-corrected chi connectivity index (χ0v) is 14.4. The molecule has 0 aromatic rings. The molecule has 5 rings (SSSR count). The predicted molar refractivity (Wildman–Crippen MR) is 86.4 cm³/mol. The second kappa shape index (κ2) is 5.45. The Morgan fingerprint density at radius 1 is 1.00 bits per heavy atom. The lowest BCUT2D eigenvalue weighted by Gasteiger charge is -2.53. The van der Waals surface area contributed by atoms with E-state index in [9.17, 15) is 18.3 Å². The molecule has 23 heavy (non-hydrogen) atoms. The van der Waals surface area contributed by atoms with Crippen molar-refractivity contribution in [2.45, 2.75) is 50.5 Å². The minimum Gasteiger partial charge on any atom is -0.388 e. The van der Waals surface area contributed by atoms with Crippen molar-refractivity contribution >= 4 is 15.7 Å². The maximum Gasteiger partial charge on any atom is 0.223 e. The fourth-order valence-electron chi connectivity index (χ4n) is 5.82. The Morgan fingerprint density at radius 3 is 2.04 bits per heavy atom. The Bertz CT molecular complexity index is 558. The number of hydrogen-bond acceptors (Lipinski definition) is 4. The van der Waals surface area contributed by atoms with Gasteiger partial charge in [-0.05, 0) is 68.6 Å². The van der Waals surface area contributed by atoms with Crippen LogP contribution in [0.5, 0.6) is 0 Å². The van der Waals surface area contributed by atoms with Gasteiger partial charge in [0.05, 0.1) is 17.1 Å². The van der Waals surface area contributed by atoms with Gasteiger partial charge < -0.3 is 10.4 Å². The van der Waals surface area contributed by atoms with Gasteiger partial charge in [-0.15, -0.1) is 0 Å². The fourth-order valence-corrected chi connectivity index (χ4v) is 7.40. The molecule has 5 nitrogen and oxygen atoms in total. The summed E-state index contributed by atoms with van der Waals surface area (Å²) in [6.07, 6.45) is 6.65. The van der Waals surface area contributed by atoms with E-state index in [1.165, 1.54) is 32.1 Å². The quantitative estimate of drug-likeness (QED) is 0.806. The van der Waals surface area contributed by atoms with E-state index in [1.807, 2.05) is 0 Å². The number of amides is 1. The highest BCUT2D eigenvalue weighted by atomic mass is 32.2. The van der Waals surface area contributed by atoms with Crippen molar-refractivity contribution in [3.63, 3.8) is 0 Å². The molecule has 5 aliphatic rings. The summed E-state index contributed by atoms with van der Waals surface area (Å²) >= 11 is 0. The number of hydrogen-bond donors (Lipinski definition) is 2. The van der Waals surface area contributed by atoms with E-state index in [1.54, 1.807) is 0 Å². The van der Waals surface area contributed by atoms with Crippen molar-refractivity contribution in [3.05, 3.63) is 0 Å². The first-order valence-corrected chi connectivity index (χ1v) is 10.9. The molecule has 1 heterocycles. The SMILES string of the molecule is O=C(NCC1(O)CCS(=O)(=O)CC1)C1C2CC3CC(C2)CC1C3. The van der Waals surface area contributed by atoms with Crippen LogP contribution in [-0.4, -0.2) is 43.1 Å². The van der Waals surface area contributed by atoms with Crippen LogP contribution in [0.3, 0.4) is 0 Å². The summed E-state index contributed by atoms with van der Waals surface area (Å²) < 4.78 is 23.0. The predicted octanol–water partition coefficient (Wildman–Crippen LogP) is 1.11. The molecule has 0 aromatic carbocycles. The smallest absolute Gasteiger partial charge is 0.223 e. The van der Waals surface area contributed by atoms with Crippen molar-refractivity contribution in [2.75, 3.05) is 18.1 Å². The molecule has 0 spiro atoms. The van der Waals surface area contributed by atoms with Gasteiger partial charge in [-0.2, -0.15) is 0 Å². The normalized spacial score (nSPS) is 43.3. The largest absolute Gasteiger partial charge is 0.388 e. The van der Waals surface area contributed by atoms with Crippen LogP contribution in [0.25, 0.3) is 0 Å². The average molecular weight is 341 g/mol. The second-order valence-corrected chi connectivity index (χ2v) is 10.9. The summed E-state index contributed by atoms with van der Waals surface area (Å²) in [5.74, 6) is 3.03. The number of aliphatic hydroxyl groups is 1. The van der Waals surface area contributed by atoms with E-state index in [0.717, 1.165) is 11.8 Å². The van der Waals surface area contributed by atoms with Crippen LogP contribution in [0.2, 0.25) is 0 Å². The highest BCUT2D eigenvalue weighted by molar-refractivity contribution is 7.91. The summed E-state index contributed by atoms with van der Waals surface area (Å²) in [6.45, 7) is 0.199. The molecule has 0 atom stereocenters. The Balaban J connectivity index is 1.36. The van der Waals surface area contributed by atoms with Crippen LogP contribution in [0.15, 0.2) is 0 Å². The van der Waals surface area contributed by atoms with Crippen molar-refractivity contribution in [2.24, 2.45) is 29.6 Å². The number of carbonyl (C=O) groups excluding carboxylic acids is 1. The third kappa shape index (κ3) is 3.04. The minimum absolute atomic E-state index is 0.0252. The van der Waals surface area contributed by atoms with Crippen LogP contribution in [0, 0.1) is 29.6 Å². The molecule has 4 bridgehead atoms. The third-order valence-electron chi connectivity index (χ3n) is 6.88. The molecule has 1 aliphatic heterocycles. The molecule has 0 aromatic heterocycles. The van der Waals surface area contributed by atoms with Crippen molar-refractivity contribution < 1.29 is 18.3 Å². The maximum absolute atomic E-state index is 12.7. The van der Waals surface area contributed by atoms with Gasteiger partial charge in [0, 0.05) is 12.5 Å². The van der Waals surface area contributed by atoms with E-state index in [0.29, 0.717) is 11.8 Å². The van der Waals surface area contributed by atoms with Gasteiger partial charge in [-0.1, -0.05) is 0 Å². The maximum atomic E-state index is 12.7. The molecule has 1 saturated heterocycles. The molecule has 5 fully saturated rings. The number of rotatable bonds is 3. The van der Waals surface area contributed by atoms with Crippen LogP contribution in [0.1, 0.15) is 44.9 Å². The monoisotopic (exact) mass is 341 g/mol. The van der Waals surface area contributed by atoms with Crippen LogP contribution in [0.4, 0.5) is 0 Å². The van der Waals surface area contributed by atoms with Crippen LogP contribution >= 0.6 is 0 Å². The third-order valence-corrected chi connectivity index (χ3v) is 8.53. The molecule has 0 radical (unpaired) electrons.